The molecule has 0 aliphatic carbocycles. The highest BCUT2D eigenvalue weighted by Gasteiger charge is 2.38. The van der Waals surface area contributed by atoms with Crippen LogP contribution in [0.5, 0.6) is 0 Å². The second-order valence-electron chi connectivity index (χ2n) is 7.48. The molecule has 3 aromatic carbocycles. The highest BCUT2D eigenvalue weighted by Crippen LogP contribution is 2.38. The summed E-state index contributed by atoms with van der Waals surface area (Å²) in [6, 6.07) is 29.3. The van der Waals surface area contributed by atoms with E-state index >= 15 is 0 Å². The number of hydrogen-bond acceptors (Lipinski definition) is 3. The summed E-state index contributed by atoms with van der Waals surface area (Å²) in [7, 11) is 0. The number of carbonyl (C=O) groups is 1. The molecular weight excluding hydrogens is 453 g/mol. The standard InChI is InChI=1S/C23H21ClN2.C2HF3O2/c1-16(17-12-14-20(24)15-13-17)23-25-21(18-8-4-2-5-9-18)22(26-23)19-10-6-3-7-11-19;3-2(4,5)1(6)7/h2-16,21-22H,1H3,(H,25,26);(H,6,7)/t16?,21-,22+;. The number of halogens is 4. The minimum atomic E-state index is -5.08. The van der Waals surface area contributed by atoms with E-state index in [1.807, 2.05) is 24.3 Å². The summed E-state index contributed by atoms with van der Waals surface area (Å²) >= 11 is 6.04. The number of aliphatic imine (C=N–C) groups is 1. The first-order chi connectivity index (χ1) is 15.7. The first kappa shape index (κ1) is 24.3. The van der Waals surface area contributed by atoms with Gasteiger partial charge in [-0.1, -0.05) is 91.3 Å². The van der Waals surface area contributed by atoms with E-state index in [1.165, 1.54) is 16.7 Å². The minimum Gasteiger partial charge on any atom is -0.475 e. The molecule has 8 heteroatoms. The first-order valence-electron chi connectivity index (χ1n) is 10.2. The molecule has 0 radical (unpaired) electrons. The molecule has 4 rings (SSSR count). The van der Waals surface area contributed by atoms with Crippen molar-refractivity contribution in [2.24, 2.45) is 4.99 Å². The van der Waals surface area contributed by atoms with E-state index in [4.69, 9.17) is 26.5 Å². The lowest BCUT2D eigenvalue weighted by atomic mass is 9.95. The Morgan fingerprint density at radius 3 is 1.91 bits per heavy atom. The van der Waals surface area contributed by atoms with E-state index in [2.05, 4.69) is 72.9 Å². The van der Waals surface area contributed by atoms with Crippen molar-refractivity contribution >= 4 is 23.4 Å². The normalized spacial score (nSPS) is 18.4. The van der Waals surface area contributed by atoms with Crippen molar-refractivity contribution in [1.29, 1.82) is 0 Å². The summed E-state index contributed by atoms with van der Waals surface area (Å²) in [5.74, 6) is -1.55. The Balaban J connectivity index is 0.000000383. The quantitative estimate of drug-likeness (QED) is 0.450. The van der Waals surface area contributed by atoms with Crippen LogP contribution in [0.15, 0.2) is 89.9 Å². The molecular formula is C25H22ClF3N2O2. The number of nitrogens with zero attached hydrogens (tertiary/aromatic N) is 1. The van der Waals surface area contributed by atoms with Gasteiger partial charge < -0.3 is 10.4 Å². The number of hydrogen-bond donors (Lipinski definition) is 2. The van der Waals surface area contributed by atoms with Crippen LogP contribution in [0.1, 0.15) is 41.6 Å². The number of carboxylic acids is 1. The molecule has 2 N–H and O–H groups in total. The first-order valence-corrected chi connectivity index (χ1v) is 10.5. The summed E-state index contributed by atoms with van der Waals surface area (Å²) in [6.07, 6.45) is -5.08. The van der Waals surface area contributed by atoms with Crippen LogP contribution in [0.25, 0.3) is 0 Å². The number of rotatable bonds is 4. The van der Waals surface area contributed by atoms with Crippen LogP contribution in [-0.4, -0.2) is 23.1 Å². The van der Waals surface area contributed by atoms with E-state index in [0.29, 0.717) is 0 Å². The number of alkyl halides is 3. The maximum absolute atomic E-state index is 10.6. The zero-order valence-electron chi connectivity index (χ0n) is 17.6. The monoisotopic (exact) mass is 474 g/mol. The number of nitrogens with one attached hydrogen (secondary N) is 1. The topological polar surface area (TPSA) is 61.7 Å². The molecule has 4 nitrogen and oxygen atoms in total. The van der Waals surface area contributed by atoms with Gasteiger partial charge in [0.05, 0.1) is 6.04 Å². The fraction of sp³-hybridized carbons (Fsp3) is 0.200. The van der Waals surface area contributed by atoms with Gasteiger partial charge in [0.2, 0.25) is 0 Å². The number of amidine groups is 1. The van der Waals surface area contributed by atoms with Gasteiger partial charge in [-0.15, -0.1) is 0 Å². The van der Waals surface area contributed by atoms with Gasteiger partial charge in [0, 0.05) is 10.9 Å². The van der Waals surface area contributed by atoms with E-state index < -0.39 is 12.1 Å². The number of aliphatic carboxylic acids is 1. The Morgan fingerprint density at radius 1 is 0.939 bits per heavy atom. The third kappa shape index (κ3) is 6.35. The van der Waals surface area contributed by atoms with Gasteiger partial charge in [-0.2, -0.15) is 13.2 Å². The summed E-state index contributed by atoms with van der Waals surface area (Å²) in [6.45, 7) is 2.19. The molecule has 0 aromatic heterocycles. The molecule has 0 fully saturated rings. The van der Waals surface area contributed by atoms with Crippen molar-refractivity contribution in [2.75, 3.05) is 0 Å². The fourth-order valence-corrected chi connectivity index (χ4v) is 3.62. The van der Waals surface area contributed by atoms with Gasteiger partial charge in [-0.05, 0) is 28.8 Å². The Morgan fingerprint density at radius 2 is 1.42 bits per heavy atom. The third-order valence-corrected chi connectivity index (χ3v) is 5.47. The SMILES string of the molecule is CC(C1=N[C@@H](c2ccccc2)[C@@H](c2ccccc2)N1)c1ccc(Cl)cc1.O=C(O)C(F)(F)F. The van der Waals surface area contributed by atoms with Crippen LogP contribution < -0.4 is 5.32 Å². The van der Waals surface area contributed by atoms with Crippen molar-refractivity contribution in [3.8, 4) is 0 Å². The molecule has 1 aliphatic rings. The van der Waals surface area contributed by atoms with Gasteiger partial charge in [0.15, 0.2) is 0 Å². The van der Waals surface area contributed by atoms with E-state index in [9.17, 15) is 13.2 Å². The Bertz CT molecular complexity index is 1090. The van der Waals surface area contributed by atoms with Gasteiger partial charge >= 0.3 is 12.1 Å². The summed E-state index contributed by atoms with van der Waals surface area (Å²) in [4.78, 5) is 14.0. The van der Waals surface area contributed by atoms with Crippen molar-refractivity contribution in [3.05, 3.63) is 107 Å². The van der Waals surface area contributed by atoms with Crippen molar-refractivity contribution in [2.45, 2.75) is 31.1 Å². The fourth-order valence-electron chi connectivity index (χ4n) is 3.49. The summed E-state index contributed by atoms with van der Waals surface area (Å²) < 4.78 is 31.7. The second-order valence-corrected chi connectivity index (χ2v) is 7.92. The predicted octanol–water partition coefficient (Wildman–Crippen LogP) is 6.56. The van der Waals surface area contributed by atoms with Crippen LogP contribution in [0.4, 0.5) is 13.2 Å². The average molecular weight is 475 g/mol. The van der Waals surface area contributed by atoms with Crippen LogP contribution >= 0.6 is 11.6 Å². The summed E-state index contributed by atoms with van der Waals surface area (Å²) in [5.41, 5.74) is 3.69. The smallest absolute Gasteiger partial charge is 0.475 e. The molecule has 33 heavy (non-hydrogen) atoms. The maximum atomic E-state index is 10.6. The highest BCUT2D eigenvalue weighted by molar-refractivity contribution is 6.30. The molecule has 1 unspecified atom stereocenters. The molecule has 1 aliphatic heterocycles. The van der Waals surface area contributed by atoms with Crippen LogP contribution in [0.3, 0.4) is 0 Å². The Labute approximate surface area is 194 Å². The summed E-state index contributed by atoms with van der Waals surface area (Å²) in [5, 5.41) is 11.6. The third-order valence-electron chi connectivity index (χ3n) is 5.22. The number of benzene rings is 3. The average Bonchev–Trinajstić information content (AvgIpc) is 3.26. The van der Waals surface area contributed by atoms with Crippen molar-refractivity contribution in [1.82, 2.24) is 5.32 Å². The van der Waals surface area contributed by atoms with Gasteiger partial charge in [0.25, 0.3) is 0 Å². The minimum absolute atomic E-state index is 0.0725. The Kier molecular flexibility index (Phi) is 7.76. The van der Waals surface area contributed by atoms with Gasteiger partial charge in [-0.25, -0.2) is 4.79 Å². The predicted molar refractivity (Wildman–Crippen MR) is 122 cm³/mol. The molecule has 0 saturated heterocycles. The molecule has 0 spiro atoms. The van der Waals surface area contributed by atoms with E-state index in [-0.39, 0.29) is 18.0 Å². The van der Waals surface area contributed by atoms with E-state index in [1.54, 1.807) is 0 Å². The zero-order chi connectivity index (χ0) is 24.0. The number of carboxylic acid groups (broad SMARTS) is 1. The van der Waals surface area contributed by atoms with E-state index in [0.717, 1.165) is 10.9 Å². The Hall–Kier alpha value is -3.32. The van der Waals surface area contributed by atoms with Crippen molar-refractivity contribution < 1.29 is 23.1 Å². The van der Waals surface area contributed by atoms with Crippen LogP contribution in [0, 0.1) is 0 Å². The lowest BCUT2D eigenvalue weighted by Crippen LogP contribution is -2.27. The molecule has 172 valence electrons. The van der Waals surface area contributed by atoms with Crippen molar-refractivity contribution in [3.63, 3.8) is 0 Å². The molecule has 0 bridgehead atoms. The molecule has 0 saturated carbocycles. The lowest BCUT2D eigenvalue weighted by Gasteiger charge is -2.20. The van der Waals surface area contributed by atoms with Crippen LogP contribution in [-0.2, 0) is 4.79 Å². The molecule has 0 amide bonds. The maximum Gasteiger partial charge on any atom is 0.490 e. The van der Waals surface area contributed by atoms with Gasteiger partial charge in [0.1, 0.15) is 11.9 Å². The molecule has 3 aromatic rings. The zero-order valence-corrected chi connectivity index (χ0v) is 18.4. The van der Waals surface area contributed by atoms with Gasteiger partial charge in [-0.3, -0.25) is 4.99 Å². The highest BCUT2D eigenvalue weighted by atomic mass is 35.5. The van der Waals surface area contributed by atoms with Crippen LogP contribution in [0.2, 0.25) is 5.02 Å². The molecule has 1 heterocycles. The molecule has 3 atom stereocenters. The largest absolute Gasteiger partial charge is 0.490 e. The lowest BCUT2D eigenvalue weighted by molar-refractivity contribution is -0.192. The second kappa shape index (κ2) is 10.5.